The van der Waals surface area contributed by atoms with Gasteiger partial charge in [-0.1, -0.05) is 41.9 Å². The van der Waals surface area contributed by atoms with Crippen LogP contribution in [0.1, 0.15) is 25.3 Å². The summed E-state index contributed by atoms with van der Waals surface area (Å²) in [5.74, 6) is 1.17. The molecule has 1 unspecified atom stereocenters. The predicted octanol–water partition coefficient (Wildman–Crippen LogP) is 5.18. The lowest BCUT2D eigenvalue weighted by Crippen LogP contribution is -2.42. The quantitative estimate of drug-likeness (QED) is 0.772. The van der Waals surface area contributed by atoms with Crippen LogP contribution in [0.2, 0.25) is 5.02 Å². The van der Waals surface area contributed by atoms with Crippen LogP contribution in [0.25, 0.3) is 0 Å². The topological polar surface area (TPSA) is 41.6 Å². The molecule has 1 fully saturated rings. The number of benzene rings is 2. The summed E-state index contributed by atoms with van der Waals surface area (Å²) in [6.45, 7) is 2.70. The van der Waals surface area contributed by atoms with Crippen LogP contribution in [0, 0.1) is 5.92 Å². The Morgan fingerprint density at radius 2 is 2.00 bits per heavy atom. The smallest absolute Gasteiger partial charge is 0.322 e. The maximum Gasteiger partial charge on any atom is 0.322 e. The molecule has 1 N–H and O–H groups in total. The van der Waals surface area contributed by atoms with E-state index >= 15 is 0 Å². The molecule has 0 saturated heterocycles. The van der Waals surface area contributed by atoms with Gasteiger partial charge in [-0.15, -0.1) is 0 Å². The molecule has 0 aliphatic heterocycles. The lowest BCUT2D eigenvalue weighted by atomic mass is 10.1. The first kappa shape index (κ1) is 17.6. The Morgan fingerprint density at radius 1 is 1.28 bits per heavy atom. The van der Waals surface area contributed by atoms with E-state index in [0.29, 0.717) is 28.9 Å². The van der Waals surface area contributed by atoms with Gasteiger partial charge >= 0.3 is 6.03 Å². The van der Waals surface area contributed by atoms with Gasteiger partial charge in [0.15, 0.2) is 0 Å². The maximum absolute atomic E-state index is 13.0. The fraction of sp³-hybridized carbons (Fsp3) is 0.350. The number of amides is 2. The Hall–Kier alpha value is -2.20. The number of carbonyl (C=O) groups excluding carboxylic acids is 1. The molecule has 132 valence electrons. The van der Waals surface area contributed by atoms with Gasteiger partial charge in [0.05, 0.1) is 12.8 Å². The largest absolute Gasteiger partial charge is 0.495 e. The van der Waals surface area contributed by atoms with E-state index in [2.05, 4.69) is 12.2 Å². The number of rotatable bonds is 6. The summed E-state index contributed by atoms with van der Waals surface area (Å²) in [6, 6.07) is 15.3. The molecule has 2 amide bonds. The van der Waals surface area contributed by atoms with Crippen molar-refractivity contribution in [3.05, 3.63) is 59.1 Å². The molecule has 2 aromatic rings. The maximum atomic E-state index is 13.0. The Kier molecular flexibility index (Phi) is 5.49. The number of nitrogens with one attached hydrogen (secondary N) is 1. The minimum absolute atomic E-state index is 0.135. The number of carbonyl (C=O) groups is 1. The zero-order valence-corrected chi connectivity index (χ0v) is 15.3. The molecule has 5 heteroatoms. The zero-order valence-electron chi connectivity index (χ0n) is 14.5. The Labute approximate surface area is 153 Å². The number of hydrogen-bond acceptors (Lipinski definition) is 2. The van der Waals surface area contributed by atoms with Crippen LogP contribution in [0.15, 0.2) is 48.5 Å². The molecular formula is C20H23ClN2O2. The van der Waals surface area contributed by atoms with E-state index in [-0.39, 0.29) is 12.1 Å². The fourth-order valence-corrected chi connectivity index (χ4v) is 3.15. The second-order valence-electron chi connectivity index (χ2n) is 6.47. The monoisotopic (exact) mass is 358 g/mol. The predicted molar refractivity (Wildman–Crippen MR) is 101 cm³/mol. The lowest BCUT2D eigenvalue weighted by Gasteiger charge is -2.30. The van der Waals surface area contributed by atoms with Gasteiger partial charge in [0, 0.05) is 17.6 Å². The van der Waals surface area contributed by atoms with Gasteiger partial charge in [-0.05, 0) is 49.4 Å². The molecule has 0 bridgehead atoms. The number of methoxy groups -OCH3 is 1. The number of urea groups is 1. The van der Waals surface area contributed by atoms with Gasteiger partial charge < -0.3 is 15.0 Å². The molecule has 4 nitrogen and oxygen atoms in total. The van der Waals surface area contributed by atoms with Crippen LogP contribution >= 0.6 is 11.6 Å². The van der Waals surface area contributed by atoms with Crippen molar-refractivity contribution >= 4 is 23.3 Å². The molecule has 3 rings (SSSR count). The Bertz CT molecular complexity index is 732. The third-order valence-electron chi connectivity index (χ3n) is 4.66. The minimum Gasteiger partial charge on any atom is -0.495 e. The van der Waals surface area contributed by atoms with Gasteiger partial charge in [-0.3, -0.25) is 0 Å². The Balaban J connectivity index is 1.80. The average Bonchev–Trinajstić information content (AvgIpc) is 3.45. The number of ether oxygens (including phenoxy) is 1. The van der Waals surface area contributed by atoms with E-state index in [1.165, 1.54) is 12.8 Å². The number of hydrogen-bond donors (Lipinski definition) is 1. The highest BCUT2D eigenvalue weighted by Gasteiger charge is 2.34. The molecule has 1 aliphatic rings. The van der Waals surface area contributed by atoms with E-state index in [1.807, 2.05) is 35.2 Å². The van der Waals surface area contributed by atoms with E-state index in [9.17, 15) is 4.79 Å². The van der Waals surface area contributed by atoms with E-state index in [4.69, 9.17) is 16.3 Å². The second kappa shape index (κ2) is 7.79. The number of nitrogens with zero attached hydrogens (tertiary/aromatic N) is 1. The molecule has 2 aromatic carbocycles. The first-order chi connectivity index (χ1) is 12.1. The van der Waals surface area contributed by atoms with Crippen LogP contribution in [0.4, 0.5) is 10.5 Å². The molecule has 1 atom stereocenters. The highest BCUT2D eigenvalue weighted by Crippen LogP contribution is 2.36. The molecule has 0 aromatic heterocycles. The first-order valence-corrected chi connectivity index (χ1v) is 8.91. The minimum atomic E-state index is -0.135. The van der Waals surface area contributed by atoms with Crippen LogP contribution in [0.5, 0.6) is 5.75 Å². The summed E-state index contributed by atoms with van der Waals surface area (Å²) in [4.78, 5) is 14.9. The van der Waals surface area contributed by atoms with Crippen molar-refractivity contribution in [2.24, 2.45) is 5.92 Å². The first-order valence-electron chi connectivity index (χ1n) is 8.53. The highest BCUT2D eigenvalue weighted by atomic mass is 35.5. The van der Waals surface area contributed by atoms with Crippen molar-refractivity contribution in [2.75, 3.05) is 12.4 Å². The van der Waals surface area contributed by atoms with Crippen LogP contribution in [-0.2, 0) is 6.54 Å². The second-order valence-corrected chi connectivity index (χ2v) is 6.90. The van der Waals surface area contributed by atoms with Crippen molar-refractivity contribution in [1.29, 1.82) is 0 Å². The van der Waals surface area contributed by atoms with Crippen LogP contribution < -0.4 is 10.1 Å². The van der Waals surface area contributed by atoms with Gasteiger partial charge in [0.25, 0.3) is 0 Å². The highest BCUT2D eigenvalue weighted by molar-refractivity contribution is 6.31. The molecule has 25 heavy (non-hydrogen) atoms. The SMILES string of the molecule is COc1ccc(Cl)cc1NC(=O)N(Cc1ccccc1)C(C)C1CC1. The summed E-state index contributed by atoms with van der Waals surface area (Å²) >= 11 is 6.07. The molecule has 1 aliphatic carbocycles. The molecule has 0 heterocycles. The number of anilines is 1. The molecule has 1 saturated carbocycles. The van der Waals surface area contributed by atoms with Crippen LogP contribution in [-0.4, -0.2) is 24.1 Å². The van der Waals surface area contributed by atoms with Crippen molar-refractivity contribution in [3.8, 4) is 5.75 Å². The van der Waals surface area contributed by atoms with Crippen molar-refractivity contribution in [2.45, 2.75) is 32.4 Å². The van der Waals surface area contributed by atoms with E-state index < -0.39 is 0 Å². The van der Waals surface area contributed by atoms with Crippen molar-refractivity contribution in [1.82, 2.24) is 4.90 Å². The summed E-state index contributed by atoms with van der Waals surface area (Å²) in [6.07, 6.45) is 2.36. The number of halogens is 1. The normalized spacial score (nSPS) is 14.7. The molecule has 0 spiro atoms. The third-order valence-corrected chi connectivity index (χ3v) is 4.89. The van der Waals surface area contributed by atoms with Crippen molar-refractivity contribution < 1.29 is 9.53 Å². The van der Waals surface area contributed by atoms with Crippen LogP contribution in [0.3, 0.4) is 0 Å². The van der Waals surface area contributed by atoms with Gasteiger partial charge in [-0.25, -0.2) is 4.79 Å². The zero-order chi connectivity index (χ0) is 17.8. The third kappa shape index (κ3) is 4.45. The molecular weight excluding hydrogens is 336 g/mol. The van der Waals surface area contributed by atoms with E-state index in [1.54, 1.807) is 25.3 Å². The van der Waals surface area contributed by atoms with E-state index in [0.717, 1.165) is 5.56 Å². The van der Waals surface area contributed by atoms with Gasteiger partial charge in [0.2, 0.25) is 0 Å². The Morgan fingerprint density at radius 3 is 2.64 bits per heavy atom. The summed E-state index contributed by atoms with van der Waals surface area (Å²) in [5, 5.41) is 3.52. The summed E-state index contributed by atoms with van der Waals surface area (Å²) < 4.78 is 5.33. The molecule has 0 radical (unpaired) electrons. The van der Waals surface area contributed by atoms with Crippen molar-refractivity contribution in [3.63, 3.8) is 0 Å². The lowest BCUT2D eigenvalue weighted by molar-refractivity contribution is 0.180. The summed E-state index contributed by atoms with van der Waals surface area (Å²) in [7, 11) is 1.58. The fourth-order valence-electron chi connectivity index (χ4n) is 2.98. The summed E-state index contributed by atoms with van der Waals surface area (Å²) in [5.41, 5.74) is 1.70. The van der Waals surface area contributed by atoms with Gasteiger partial charge in [-0.2, -0.15) is 0 Å². The average molecular weight is 359 g/mol. The standard InChI is InChI=1S/C20H23ClN2O2/c1-14(16-8-9-16)23(13-15-6-4-3-5-7-15)20(24)22-18-12-17(21)10-11-19(18)25-2/h3-7,10-12,14,16H,8-9,13H2,1-2H3,(H,22,24). The van der Waals surface area contributed by atoms with Gasteiger partial charge in [0.1, 0.15) is 5.75 Å².